The van der Waals surface area contributed by atoms with Crippen LogP contribution in [0.5, 0.6) is 0 Å². The Morgan fingerprint density at radius 3 is 2.37 bits per heavy atom. The molecule has 2 fully saturated rings. The molecule has 0 bridgehead atoms. The van der Waals surface area contributed by atoms with Crippen LogP contribution in [0.25, 0.3) is 0 Å². The summed E-state index contributed by atoms with van der Waals surface area (Å²) in [6.07, 6.45) is 3.34. The van der Waals surface area contributed by atoms with Crippen molar-refractivity contribution in [2.75, 3.05) is 31.1 Å². The largest absolute Gasteiger partial charge is 0.356 e. The van der Waals surface area contributed by atoms with Crippen LogP contribution < -0.4 is 10.2 Å². The molecule has 0 aromatic heterocycles. The number of carbonyl (C=O) groups is 2. The van der Waals surface area contributed by atoms with Crippen molar-refractivity contribution in [3.8, 4) is 0 Å². The molecule has 7 nitrogen and oxygen atoms in total. The fourth-order valence-corrected chi connectivity index (χ4v) is 5.09. The van der Waals surface area contributed by atoms with Gasteiger partial charge in [0.05, 0.1) is 4.90 Å². The van der Waals surface area contributed by atoms with Gasteiger partial charge in [-0.3, -0.25) is 9.59 Å². The van der Waals surface area contributed by atoms with Gasteiger partial charge in [-0.05, 0) is 49.9 Å². The van der Waals surface area contributed by atoms with Crippen LogP contribution in [0.4, 0.5) is 5.69 Å². The molecule has 2 heterocycles. The molecule has 0 radical (unpaired) electrons. The smallest absolute Gasteiger partial charge is 0.243 e. The molecule has 1 aromatic rings. The second kappa shape index (κ2) is 8.39. The van der Waals surface area contributed by atoms with E-state index in [0.717, 1.165) is 18.5 Å². The molecule has 1 N–H and O–H groups in total. The highest BCUT2D eigenvalue weighted by Gasteiger charge is 2.32. The van der Waals surface area contributed by atoms with Gasteiger partial charge in [-0.1, -0.05) is 6.92 Å². The van der Waals surface area contributed by atoms with Crippen molar-refractivity contribution in [2.24, 2.45) is 5.92 Å². The van der Waals surface area contributed by atoms with Crippen LogP contribution in [0.1, 0.15) is 39.0 Å². The number of sulfonamides is 1. The van der Waals surface area contributed by atoms with E-state index in [1.807, 2.05) is 6.92 Å². The van der Waals surface area contributed by atoms with Crippen molar-refractivity contribution in [3.63, 3.8) is 0 Å². The third kappa shape index (κ3) is 4.32. The van der Waals surface area contributed by atoms with E-state index in [1.165, 1.54) is 4.31 Å². The average Bonchev–Trinajstić information content (AvgIpc) is 3.12. The van der Waals surface area contributed by atoms with Gasteiger partial charge < -0.3 is 10.2 Å². The molecule has 148 valence electrons. The minimum Gasteiger partial charge on any atom is -0.356 e. The Kier molecular flexibility index (Phi) is 6.16. The fourth-order valence-electron chi connectivity index (χ4n) is 3.62. The van der Waals surface area contributed by atoms with Crippen molar-refractivity contribution in [2.45, 2.75) is 43.9 Å². The Hall–Kier alpha value is -1.93. The van der Waals surface area contributed by atoms with Gasteiger partial charge in [-0.2, -0.15) is 4.31 Å². The highest BCUT2D eigenvalue weighted by Crippen LogP contribution is 2.27. The van der Waals surface area contributed by atoms with Crippen molar-refractivity contribution in [3.05, 3.63) is 24.3 Å². The van der Waals surface area contributed by atoms with E-state index in [0.29, 0.717) is 45.4 Å². The molecule has 0 spiro atoms. The molecule has 0 unspecified atom stereocenters. The summed E-state index contributed by atoms with van der Waals surface area (Å²) in [7, 11) is -3.58. The zero-order valence-corrected chi connectivity index (χ0v) is 16.5. The van der Waals surface area contributed by atoms with E-state index in [4.69, 9.17) is 0 Å². The monoisotopic (exact) mass is 393 g/mol. The topological polar surface area (TPSA) is 86.8 Å². The number of nitrogens with one attached hydrogen (secondary N) is 1. The summed E-state index contributed by atoms with van der Waals surface area (Å²) >= 11 is 0. The predicted octanol–water partition coefficient (Wildman–Crippen LogP) is 1.74. The van der Waals surface area contributed by atoms with Gasteiger partial charge in [-0.15, -0.1) is 0 Å². The normalized spacial score (nSPS) is 19.4. The molecule has 0 aliphatic carbocycles. The Labute approximate surface area is 160 Å². The third-order valence-electron chi connectivity index (χ3n) is 5.23. The van der Waals surface area contributed by atoms with Gasteiger partial charge in [0.2, 0.25) is 21.8 Å². The molecule has 2 amide bonds. The van der Waals surface area contributed by atoms with Crippen LogP contribution in [0.2, 0.25) is 0 Å². The molecule has 1 aromatic carbocycles. The minimum atomic E-state index is -3.58. The minimum absolute atomic E-state index is 0.0218. The van der Waals surface area contributed by atoms with Gasteiger partial charge >= 0.3 is 0 Å². The summed E-state index contributed by atoms with van der Waals surface area (Å²) < 4.78 is 27.2. The molecule has 8 heteroatoms. The molecule has 0 saturated carbocycles. The zero-order chi connectivity index (χ0) is 19.4. The number of benzene rings is 1. The van der Waals surface area contributed by atoms with E-state index in [-0.39, 0.29) is 22.6 Å². The summed E-state index contributed by atoms with van der Waals surface area (Å²) in [5.41, 5.74) is 0.739. The Bertz CT molecular complexity index is 784. The predicted molar refractivity (Wildman–Crippen MR) is 103 cm³/mol. The molecule has 2 aliphatic rings. The first-order valence-corrected chi connectivity index (χ1v) is 11.1. The van der Waals surface area contributed by atoms with Gasteiger partial charge in [0, 0.05) is 44.2 Å². The zero-order valence-electron chi connectivity index (χ0n) is 15.7. The number of nitrogens with zero attached hydrogens (tertiary/aromatic N) is 2. The van der Waals surface area contributed by atoms with Gasteiger partial charge in [-0.25, -0.2) is 8.42 Å². The number of carbonyl (C=O) groups excluding carboxylic acids is 2. The second-order valence-corrected chi connectivity index (χ2v) is 9.05. The van der Waals surface area contributed by atoms with Gasteiger partial charge in [0.15, 0.2) is 0 Å². The Morgan fingerprint density at radius 2 is 1.81 bits per heavy atom. The maximum absolute atomic E-state index is 12.9. The van der Waals surface area contributed by atoms with Crippen LogP contribution in [0.3, 0.4) is 0 Å². The number of amides is 2. The number of piperidine rings is 1. The standard InChI is InChI=1S/C19H27N3O4S/c1-2-11-20-19(24)15-9-13-21(14-10-15)27(25,26)17-7-5-16(6-8-17)22-12-3-4-18(22)23/h5-8,15H,2-4,9-14H2,1H3,(H,20,24). The number of hydrogen-bond acceptors (Lipinski definition) is 4. The van der Waals surface area contributed by atoms with Crippen LogP contribution in [-0.2, 0) is 19.6 Å². The van der Waals surface area contributed by atoms with Crippen LogP contribution in [-0.4, -0.2) is 50.7 Å². The molecule has 0 atom stereocenters. The van der Waals surface area contributed by atoms with Crippen LogP contribution in [0.15, 0.2) is 29.2 Å². The SMILES string of the molecule is CCCNC(=O)C1CCN(S(=O)(=O)c2ccc(N3CCCC3=O)cc2)CC1. The maximum atomic E-state index is 12.9. The lowest BCUT2D eigenvalue weighted by atomic mass is 9.97. The molecule has 3 rings (SSSR count). The first-order valence-electron chi connectivity index (χ1n) is 9.61. The summed E-state index contributed by atoms with van der Waals surface area (Å²) in [5, 5.41) is 2.88. The van der Waals surface area contributed by atoms with E-state index in [9.17, 15) is 18.0 Å². The van der Waals surface area contributed by atoms with Crippen molar-refractivity contribution in [1.82, 2.24) is 9.62 Å². The lowest BCUT2D eigenvalue weighted by molar-refractivity contribution is -0.126. The Balaban J connectivity index is 1.63. The summed E-state index contributed by atoms with van der Waals surface area (Å²) in [6.45, 7) is 4.03. The molecular formula is C19H27N3O4S. The van der Waals surface area contributed by atoms with Crippen LogP contribution >= 0.6 is 0 Å². The van der Waals surface area contributed by atoms with E-state index < -0.39 is 10.0 Å². The Morgan fingerprint density at radius 1 is 1.15 bits per heavy atom. The van der Waals surface area contributed by atoms with Crippen LogP contribution in [0, 0.1) is 5.92 Å². The van der Waals surface area contributed by atoms with E-state index in [1.54, 1.807) is 29.2 Å². The van der Waals surface area contributed by atoms with Crippen molar-refractivity contribution in [1.29, 1.82) is 0 Å². The van der Waals surface area contributed by atoms with Crippen molar-refractivity contribution >= 4 is 27.5 Å². The number of hydrogen-bond donors (Lipinski definition) is 1. The molecule has 27 heavy (non-hydrogen) atoms. The first kappa shape index (κ1) is 19.8. The average molecular weight is 394 g/mol. The summed E-state index contributed by atoms with van der Waals surface area (Å²) in [6, 6.07) is 6.52. The number of rotatable bonds is 6. The molecular weight excluding hydrogens is 366 g/mol. The van der Waals surface area contributed by atoms with E-state index in [2.05, 4.69) is 5.32 Å². The highest BCUT2D eigenvalue weighted by molar-refractivity contribution is 7.89. The quantitative estimate of drug-likeness (QED) is 0.798. The lowest BCUT2D eigenvalue weighted by Gasteiger charge is -2.30. The fraction of sp³-hybridized carbons (Fsp3) is 0.579. The second-order valence-electron chi connectivity index (χ2n) is 7.11. The summed E-state index contributed by atoms with van der Waals surface area (Å²) in [5.74, 6) is -0.0193. The third-order valence-corrected chi connectivity index (χ3v) is 7.15. The molecule has 2 saturated heterocycles. The van der Waals surface area contributed by atoms with Crippen molar-refractivity contribution < 1.29 is 18.0 Å². The number of anilines is 1. The van der Waals surface area contributed by atoms with Gasteiger partial charge in [0.25, 0.3) is 0 Å². The van der Waals surface area contributed by atoms with Gasteiger partial charge in [0.1, 0.15) is 0 Å². The molecule has 2 aliphatic heterocycles. The maximum Gasteiger partial charge on any atom is 0.243 e. The lowest BCUT2D eigenvalue weighted by Crippen LogP contribution is -2.43. The van der Waals surface area contributed by atoms with E-state index >= 15 is 0 Å². The highest BCUT2D eigenvalue weighted by atomic mass is 32.2. The first-order chi connectivity index (χ1) is 12.9. The summed E-state index contributed by atoms with van der Waals surface area (Å²) in [4.78, 5) is 25.8.